The summed E-state index contributed by atoms with van der Waals surface area (Å²) in [6.45, 7) is 0. The van der Waals surface area contributed by atoms with Crippen LogP contribution >= 0.6 is 11.3 Å². The number of nitrogens with zero attached hydrogens (tertiary/aromatic N) is 1. The Hall–Kier alpha value is -2.19. The van der Waals surface area contributed by atoms with Crippen molar-refractivity contribution >= 4 is 31.5 Å². The van der Waals surface area contributed by atoms with Gasteiger partial charge in [0.05, 0.1) is 9.81 Å². The lowest BCUT2D eigenvalue weighted by atomic mass is 9.85. The molecule has 124 valence electrons. The van der Waals surface area contributed by atoms with Crippen molar-refractivity contribution < 1.29 is 5.48 Å². The fourth-order valence-corrected chi connectivity index (χ4v) is 4.84. The standard InChI is InChI=1S/C23H21NS/c1-2-6-16(7-3-1)18-11-13-21(24-15-18)17-10-12-20-19-8-4-5-9-22(19)25-23(20)14-17/h4-5,8-16H,1-3,6-7H2/i11D,13D,15D,16D. The fourth-order valence-electron chi connectivity index (χ4n) is 3.70. The summed E-state index contributed by atoms with van der Waals surface area (Å²) >= 11 is 1.70. The Balaban J connectivity index is 1.65. The SMILES string of the molecule is [2H]c1nc(-c2ccc3c(c2)sc2ccccc23)c([2H])c([2H])c1C1([2H])CCCCC1. The van der Waals surface area contributed by atoms with Crippen molar-refractivity contribution in [1.82, 2.24) is 4.98 Å². The van der Waals surface area contributed by atoms with E-state index in [1.54, 1.807) is 11.3 Å². The number of rotatable bonds is 2. The quantitative estimate of drug-likeness (QED) is 0.375. The summed E-state index contributed by atoms with van der Waals surface area (Å²) in [6, 6.07) is 14.3. The molecule has 2 heterocycles. The zero-order valence-corrected chi connectivity index (χ0v) is 14.7. The highest BCUT2D eigenvalue weighted by Gasteiger charge is 2.16. The predicted molar refractivity (Wildman–Crippen MR) is 108 cm³/mol. The third-order valence-corrected chi connectivity index (χ3v) is 6.18. The van der Waals surface area contributed by atoms with Gasteiger partial charge in [-0.1, -0.05) is 55.6 Å². The molecule has 0 amide bonds. The maximum Gasteiger partial charge on any atom is 0.0843 e. The molecule has 4 aromatic rings. The zero-order valence-electron chi connectivity index (χ0n) is 17.9. The first-order valence-corrected chi connectivity index (χ1v) is 9.69. The van der Waals surface area contributed by atoms with Crippen molar-refractivity contribution in [3.63, 3.8) is 0 Å². The van der Waals surface area contributed by atoms with E-state index in [2.05, 4.69) is 17.1 Å². The second kappa shape index (κ2) is 6.27. The molecule has 2 heteroatoms. The van der Waals surface area contributed by atoms with Crippen LogP contribution in [0.25, 0.3) is 31.4 Å². The summed E-state index contributed by atoms with van der Waals surface area (Å²) in [7, 11) is 0. The van der Waals surface area contributed by atoms with Gasteiger partial charge in [-0.25, -0.2) is 0 Å². The van der Waals surface area contributed by atoms with Crippen LogP contribution in [0.3, 0.4) is 0 Å². The van der Waals surface area contributed by atoms with Crippen LogP contribution in [-0.4, -0.2) is 4.98 Å². The molecular weight excluding hydrogens is 322 g/mol. The van der Waals surface area contributed by atoms with Crippen LogP contribution < -0.4 is 0 Å². The largest absolute Gasteiger partial charge is 0.256 e. The normalized spacial score (nSPS) is 19.4. The van der Waals surface area contributed by atoms with E-state index in [1.165, 1.54) is 15.5 Å². The van der Waals surface area contributed by atoms with E-state index in [0.717, 1.165) is 29.5 Å². The van der Waals surface area contributed by atoms with Gasteiger partial charge < -0.3 is 0 Å². The van der Waals surface area contributed by atoms with Crippen LogP contribution in [-0.2, 0) is 0 Å². The van der Waals surface area contributed by atoms with E-state index in [0.29, 0.717) is 24.1 Å². The molecule has 1 nitrogen and oxygen atoms in total. The van der Waals surface area contributed by atoms with Crippen molar-refractivity contribution in [2.75, 3.05) is 0 Å². The molecule has 0 aliphatic heterocycles. The van der Waals surface area contributed by atoms with Crippen LogP contribution in [0.15, 0.2) is 60.7 Å². The highest BCUT2D eigenvalue weighted by Crippen LogP contribution is 2.36. The monoisotopic (exact) mass is 347 g/mol. The minimum Gasteiger partial charge on any atom is -0.256 e. The third kappa shape index (κ3) is 2.75. The Morgan fingerprint density at radius 3 is 2.72 bits per heavy atom. The van der Waals surface area contributed by atoms with Crippen LogP contribution in [0.1, 0.15) is 49.0 Å². The first-order valence-electron chi connectivity index (χ1n) is 10.9. The number of thiophene rings is 1. The average molecular weight is 348 g/mol. The minimum atomic E-state index is -0.955. The molecule has 1 aliphatic carbocycles. The van der Waals surface area contributed by atoms with Gasteiger partial charge in [0, 0.05) is 33.3 Å². The van der Waals surface area contributed by atoms with E-state index < -0.39 is 5.89 Å². The van der Waals surface area contributed by atoms with Gasteiger partial charge in [0.15, 0.2) is 0 Å². The molecule has 1 fully saturated rings. The molecule has 0 unspecified atom stereocenters. The van der Waals surface area contributed by atoms with Gasteiger partial charge >= 0.3 is 0 Å². The molecule has 0 bridgehead atoms. The maximum atomic E-state index is 8.82. The molecule has 1 saturated carbocycles. The first-order chi connectivity index (χ1) is 14.0. The number of fused-ring (bicyclic) bond motifs is 3. The maximum absolute atomic E-state index is 8.82. The number of hydrogen-bond acceptors (Lipinski definition) is 2. The molecule has 0 spiro atoms. The summed E-state index contributed by atoms with van der Waals surface area (Å²) in [5, 5.41) is 2.38. The molecule has 25 heavy (non-hydrogen) atoms. The number of hydrogen-bond donors (Lipinski definition) is 0. The Morgan fingerprint density at radius 2 is 1.80 bits per heavy atom. The van der Waals surface area contributed by atoms with E-state index in [1.807, 2.05) is 30.3 Å². The first kappa shape index (κ1) is 11.4. The summed E-state index contributed by atoms with van der Waals surface area (Å²) in [6.07, 6.45) is 4.21. The van der Waals surface area contributed by atoms with E-state index >= 15 is 0 Å². The van der Waals surface area contributed by atoms with Crippen LogP contribution in [0.4, 0.5) is 0 Å². The van der Waals surface area contributed by atoms with E-state index in [4.69, 9.17) is 5.48 Å². The average Bonchev–Trinajstić information content (AvgIpc) is 3.09. The Kier molecular flexibility index (Phi) is 2.87. The highest BCUT2D eigenvalue weighted by atomic mass is 32.1. The fraction of sp³-hybridized carbons (Fsp3) is 0.261. The zero-order chi connectivity index (χ0) is 20.2. The number of pyridine rings is 1. The van der Waals surface area contributed by atoms with Crippen LogP contribution in [0, 0.1) is 0 Å². The summed E-state index contributed by atoms with van der Waals surface area (Å²) in [5.74, 6) is -0.955. The molecule has 0 radical (unpaired) electrons. The lowest BCUT2D eigenvalue weighted by molar-refractivity contribution is 0.443. The summed E-state index contributed by atoms with van der Waals surface area (Å²) in [4.78, 5) is 4.43. The van der Waals surface area contributed by atoms with Crippen molar-refractivity contribution in [3.8, 4) is 11.3 Å². The van der Waals surface area contributed by atoms with Gasteiger partial charge in [0.1, 0.15) is 0 Å². The molecular formula is C23H21NS. The second-order valence-electron chi connectivity index (χ2n) is 6.67. The van der Waals surface area contributed by atoms with Gasteiger partial charge in [-0.15, -0.1) is 11.3 Å². The van der Waals surface area contributed by atoms with Crippen molar-refractivity contribution in [3.05, 3.63) is 66.3 Å². The summed E-state index contributed by atoms with van der Waals surface area (Å²) in [5.41, 5.74) is 1.45. The minimum absolute atomic E-state index is 0.00617. The highest BCUT2D eigenvalue weighted by molar-refractivity contribution is 7.25. The third-order valence-electron chi connectivity index (χ3n) is 5.05. The molecule has 5 rings (SSSR count). The molecule has 0 saturated heterocycles. The van der Waals surface area contributed by atoms with Gasteiger partial charge in [0.2, 0.25) is 0 Å². The Morgan fingerprint density at radius 1 is 0.960 bits per heavy atom. The number of benzene rings is 2. The predicted octanol–water partition coefficient (Wildman–Crippen LogP) is 7.16. The van der Waals surface area contributed by atoms with Gasteiger partial charge in [-0.05, 0) is 42.5 Å². The lowest BCUT2D eigenvalue weighted by Crippen LogP contribution is -2.04. The van der Waals surface area contributed by atoms with Crippen molar-refractivity contribution in [2.24, 2.45) is 0 Å². The van der Waals surface area contributed by atoms with Crippen molar-refractivity contribution in [2.45, 2.75) is 38.0 Å². The van der Waals surface area contributed by atoms with Crippen molar-refractivity contribution in [1.29, 1.82) is 0 Å². The molecule has 1 aliphatic rings. The summed E-state index contributed by atoms with van der Waals surface area (Å²) < 4.78 is 36.8. The van der Waals surface area contributed by atoms with Gasteiger partial charge in [0.25, 0.3) is 0 Å². The topological polar surface area (TPSA) is 12.9 Å². The lowest BCUT2D eigenvalue weighted by Gasteiger charge is -2.21. The van der Waals surface area contributed by atoms with Gasteiger partial charge in [-0.3, -0.25) is 4.98 Å². The molecule has 2 aromatic heterocycles. The Labute approximate surface area is 158 Å². The van der Waals surface area contributed by atoms with E-state index in [-0.39, 0.29) is 18.3 Å². The molecule has 0 atom stereocenters. The second-order valence-corrected chi connectivity index (χ2v) is 7.75. The van der Waals surface area contributed by atoms with E-state index in [9.17, 15) is 0 Å². The van der Waals surface area contributed by atoms with Gasteiger partial charge in [-0.2, -0.15) is 0 Å². The van der Waals surface area contributed by atoms with Crippen LogP contribution in [0.2, 0.25) is 0 Å². The molecule has 0 N–H and O–H groups in total. The molecule has 2 aromatic carbocycles. The Bertz CT molecular complexity index is 1240. The van der Waals surface area contributed by atoms with Crippen LogP contribution in [0.5, 0.6) is 0 Å². The smallest absolute Gasteiger partial charge is 0.0843 e. The number of aromatic nitrogens is 1.